The molecular formula is C12H12BrNO2. The van der Waals surface area contributed by atoms with Crippen LogP contribution in [0.4, 0.5) is 0 Å². The van der Waals surface area contributed by atoms with Gasteiger partial charge in [-0.25, -0.2) is 0 Å². The van der Waals surface area contributed by atoms with E-state index in [1.54, 1.807) is 6.20 Å². The number of para-hydroxylation sites is 1. The third kappa shape index (κ3) is 2.51. The second-order valence-corrected chi connectivity index (χ2v) is 4.10. The Hall–Kier alpha value is -1.13. The van der Waals surface area contributed by atoms with E-state index in [1.807, 2.05) is 30.3 Å². The molecule has 4 heteroatoms. The summed E-state index contributed by atoms with van der Waals surface area (Å²) in [6, 6.07) is 9.63. The van der Waals surface area contributed by atoms with Crippen LogP contribution < -0.4 is 4.74 Å². The molecule has 0 bridgehead atoms. The number of benzene rings is 1. The van der Waals surface area contributed by atoms with Crippen LogP contribution in [-0.2, 0) is 0 Å². The lowest BCUT2D eigenvalue weighted by atomic mass is 10.2. The molecule has 1 atom stereocenters. The number of halogens is 1. The van der Waals surface area contributed by atoms with Gasteiger partial charge in [-0.2, -0.15) is 0 Å². The number of ether oxygens (including phenoxy) is 1. The molecular weight excluding hydrogens is 270 g/mol. The predicted octanol–water partition coefficient (Wildman–Crippen LogP) is 2.37. The van der Waals surface area contributed by atoms with Crippen LogP contribution >= 0.6 is 15.9 Å². The van der Waals surface area contributed by atoms with E-state index in [0.29, 0.717) is 11.1 Å². The quantitative estimate of drug-likeness (QED) is 0.875. The lowest BCUT2D eigenvalue weighted by molar-refractivity contribution is 0.128. The average Bonchev–Trinajstić information content (AvgIpc) is 2.35. The van der Waals surface area contributed by atoms with Gasteiger partial charge in [-0.05, 0) is 12.1 Å². The minimum Gasteiger partial charge on any atom is -0.489 e. The Balaban J connectivity index is 2.23. The van der Waals surface area contributed by atoms with Gasteiger partial charge in [0, 0.05) is 16.9 Å². The molecule has 0 radical (unpaired) electrons. The molecule has 1 heterocycles. The van der Waals surface area contributed by atoms with Gasteiger partial charge in [0.1, 0.15) is 17.9 Å². The van der Waals surface area contributed by atoms with Gasteiger partial charge in [-0.3, -0.25) is 4.98 Å². The Morgan fingerprint density at radius 2 is 2.12 bits per heavy atom. The summed E-state index contributed by atoms with van der Waals surface area (Å²) >= 11 is 3.19. The molecule has 0 aliphatic carbocycles. The number of fused-ring (bicyclic) bond motifs is 1. The second-order valence-electron chi connectivity index (χ2n) is 3.45. The van der Waals surface area contributed by atoms with Crippen molar-refractivity contribution in [3.05, 3.63) is 36.5 Å². The van der Waals surface area contributed by atoms with Crippen LogP contribution in [0.5, 0.6) is 5.75 Å². The first kappa shape index (κ1) is 11.4. The van der Waals surface area contributed by atoms with Gasteiger partial charge in [0.2, 0.25) is 0 Å². The number of aliphatic hydroxyl groups is 1. The van der Waals surface area contributed by atoms with Crippen molar-refractivity contribution in [2.24, 2.45) is 0 Å². The van der Waals surface area contributed by atoms with Crippen LogP contribution in [-0.4, -0.2) is 28.1 Å². The lowest BCUT2D eigenvalue weighted by Gasteiger charge is -2.11. The largest absolute Gasteiger partial charge is 0.489 e. The first-order valence-electron chi connectivity index (χ1n) is 5.02. The molecule has 0 fully saturated rings. The van der Waals surface area contributed by atoms with Crippen molar-refractivity contribution >= 4 is 26.8 Å². The van der Waals surface area contributed by atoms with Gasteiger partial charge in [0.05, 0.1) is 6.10 Å². The van der Waals surface area contributed by atoms with Crippen LogP contribution in [0.1, 0.15) is 0 Å². The Kier molecular flexibility index (Phi) is 3.74. The number of nitrogens with zero attached hydrogens (tertiary/aromatic N) is 1. The Labute approximate surface area is 102 Å². The Bertz CT molecular complexity index is 470. The predicted molar refractivity (Wildman–Crippen MR) is 67.0 cm³/mol. The fourth-order valence-corrected chi connectivity index (χ4v) is 1.61. The highest BCUT2D eigenvalue weighted by atomic mass is 79.9. The zero-order valence-electron chi connectivity index (χ0n) is 8.64. The monoisotopic (exact) mass is 281 g/mol. The molecule has 0 amide bonds. The van der Waals surface area contributed by atoms with Crippen molar-refractivity contribution in [3.8, 4) is 5.75 Å². The summed E-state index contributed by atoms with van der Waals surface area (Å²) in [4.78, 5) is 4.27. The van der Waals surface area contributed by atoms with Crippen LogP contribution in [0.2, 0.25) is 0 Å². The summed E-state index contributed by atoms with van der Waals surface area (Å²) in [6.07, 6.45) is 1.23. The molecule has 84 valence electrons. The van der Waals surface area contributed by atoms with Gasteiger partial charge < -0.3 is 9.84 Å². The minimum atomic E-state index is -0.501. The van der Waals surface area contributed by atoms with Crippen molar-refractivity contribution in [1.82, 2.24) is 4.98 Å². The van der Waals surface area contributed by atoms with Gasteiger partial charge in [-0.1, -0.05) is 34.1 Å². The zero-order valence-corrected chi connectivity index (χ0v) is 10.2. The van der Waals surface area contributed by atoms with Gasteiger partial charge in [-0.15, -0.1) is 0 Å². The topological polar surface area (TPSA) is 42.4 Å². The van der Waals surface area contributed by atoms with Crippen LogP contribution in [0.15, 0.2) is 36.5 Å². The zero-order chi connectivity index (χ0) is 11.4. The molecule has 2 aromatic rings. The SMILES string of the molecule is OC(CBr)COc1cccc2cccnc12. The lowest BCUT2D eigenvalue weighted by Crippen LogP contribution is -2.18. The summed E-state index contributed by atoms with van der Waals surface area (Å²) in [7, 11) is 0. The Morgan fingerprint density at radius 3 is 2.94 bits per heavy atom. The highest BCUT2D eigenvalue weighted by Crippen LogP contribution is 2.22. The van der Waals surface area contributed by atoms with Crippen molar-refractivity contribution in [2.75, 3.05) is 11.9 Å². The number of rotatable bonds is 4. The third-order valence-corrected chi connectivity index (χ3v) is 2.95. The smallest absolute Gasteiger partial charge is 0.145 e. The summed E-state index contributed by atoms with van der Waals surface area (Å²) in [6.45, 7) is 0.265. The van der Waals surface area contributed by atoms with Gasteiger partial charge in [0.15, 0.2) is 0 Å². The Morgan fingerprint density at radius 1 is 1.31 bits per heavy atom. The van der Waals surface area contributed by atoms with E-state index < -0.39 is 6.10 Å². The molecule has 1 N–H and O–H groups in total. The maximum absolute atomic E-state index is 9.40. The molecule has 0 saturated carbocycles. The van der Waals surface area contributed by atoms with E-state index in [0.717, 1.165) is 10.9 Å². The molecule has 2 rings (SSSR count). The van der Waals surface area contributed by atoms with Gasteiger partial charge >= 0.3 is 0 Å². The molecule has 1 aromatic heterocycles. The van der Waals surface area contributed by atoms with Crippen LogP contribution in [0.25, 0.3) is 10.9 Å². The highest BCUT2D eigenvalue weighted by Gasteiger charge is 2.06. The number of aromatic nitrogens is 1. The van der Waals surface area contributed by atoms with E-state index >= 15 is 0 Å². The van der Waals surface area contributed by atoms with E-state index in [2.05, 4.69) is 20.9 Å². The fraction of sp³-hybridized carbons (Fsp3) is 0.250. The number of hydrogen-bond donors (Lipinski definition) is 1. The maximum Gasteiger partial charge on any atom is 0.145 e. The van der Waals surface area contributed by atoms with E-state index in [9.17, 15) is 5.11 Å². The second kappa shape index (κ2) is 5.27. The molecule has 0 saturated heterocycles. The number of pyridine rings is 1. The molecule has 3 nitrogen and oxygen atoms in total. The molecule has 0 aliphatic heterocycles. The first-order valence-corrected chi connectivity index (χ1v) is 6.14. The molecule has 1 aromatic carbocycles. The minimum absolute atomic E-state index is 0.265. The highest BCUT2D eigenvalue weighted by molar-refractivity contribution is 9.09. The molecule has 0 spiro atoms. The molecule has 0 aliphatic rings. The van der Waals surface area contributed by atoms with Crippen molar-refractivity contribution < 1.29 is 9.84 Å². The third-order valence-electron chi connectivity index (χ3n) is 2.21. The first-order chi connectivity index (χ1) is 7.81. The average molecular weight is 282 g/mol. The molecule has 16 heavy (non-hydrogen) atoms. The van der Waals surface area contributed by atoms with Crippen LogP contribution in [0.3, 0.4) is 0 Å². The summed E-state index contributed by atoms with van der Waals surface area (Å²) in [5.74, 6) is 0.707. The number of alkyl halides is 1. The standard InChI is InChI=1S/C12H12BrNO2/c13-7-10(15)8-16-11-5-1-3-9-4-2-6-14-12(9)11/h1-6,10,15H,7-8H2. The summed E-state index contributed by atoms with van der Waals surface area (Å²) in [5, 5.41) is 10.9. The van der Waals surface area contributed by atoms with E-state index in [4.69, 9.17) is 4.74 Å². The maximum atomic E-state index is 9.40. The number of hydrogen-bond acceptors (Lipinski definition) is 3. The van der Waals surface area contributed by atoms with Gasteiger partial charge in [0.25, 0.3) is 0 Å². The van der Waals surface area contributed by atoms with Crippen LogP contribution in [0, 0.1) is 0 Å². The fourth-order valence-electron chi connectivity index (χ4n) is 1.42. The van der Waals surface area contributed by atoms with Crippen molar-refractivity contribution in [2.45, 2.75) is 6.10 Å². The van der Waals surface area contributed by atoms with E-state index in [1.165, 1.54) is 0 Å². The summed E-state index contributed by atoms with van der Waals surface area (Å²) in [5.41, 5.74) is 0.826. The van der Waals surface area contributed by atoms with E-state index in [-0.39, 0.29) is 6.61 Å². The molecule has 1 unspecified atom stereocenters. The summed E-state index contributed by atoms with van der Waals surface area (Å²) < 4.78 is 5.53. The normalized spacial score (nSPS) is 12.6. The number of aliphatic hydroxyl groups excluding tert-OH is 1. The van der Waals surface area contributed by atoms with Crippen molar-refractivity contribution in [1.29, 1.82) is 0 Å². The van der Waals surface area contributed by atoms with Crippen molar-refractivity contribution in [3.63, 3.8) is 0 Å².